The van der Waals surface area contributed by atoms with E-state index in [9.17, 15) is 4.79 Å². The third-order valence-electron chi connectivity index (χ3n) is 4.74. The Balaban J connectivity index is 1.69. The molecule has 0 fully saturated rings. The van der Waals surface area contributed by atoms with Crippen molar-refractivity contribution < 1.29 is 9.47 Å². The summed E-state index contributed by atoms with van der Waals surface area (Å²) in [6, 6.07) is 17.1. The van der Waals surface area contributed by atoms with Crippen LogP contribution in [0.2, 0.25) is 0 Å². The van der Waals surface area contributed by atoms with Crippen LogP contribution in [-0.2, 0) is 5.75 Å². The Kier molecular flexibility index (Phi) is 6.46. The summed E-state index contributed by atoms with van der Waals surface area (Å²) in [5.41, 5.74) is 2.40. The van der Waals surface area contributed by atoms with Gasteiger partial charge < -0.3 is 14.8 Å². The minimum absolute atomic E-state index is 0.105. The molecule has 32 heavy (non-hydrogen) atoms. The summed E-state index contributed by atoms with van der Waals surface area (Å²) < 4.78 is 13.9. The summed E-state index contributed by atoms with van der Waals surface area (Å²) in [4.78, 5) is 13.4. The van der Waals surface area contributed by atoms with Crippen LogP contribution in [0.4, 0.5) is 11.5 Å². The van der Waals surface area contributed by atoms with Crippen molar-refractivity contribution in [2.45, 2.75) is 17.8 Å². The van der Waals surface area contributed by atoms with Crippen LogP contribution in [0, 0.1) is 6.92 Å². The molecular formula is C23H23N5O3S. The average Bonchev–Trinajstić information content (AvgIpc) is 3.34. The molecule has 1 N–H and O–H groups in total. The maximum Gasteiger partial charge on any atom is 0.316 e. The number of hydrogen-bond donors (Lipinski definition) is 1. The first kappa shape index (κ1) is 21.5. The van der Waals surface area contributed by atoms with Gasteiger partial charge >= 0.3 is 5.56 Å². The highest BCUT2D eigenvalue weighted by Crippen LogP contribution is 2.28. The van der Waals surface area contributed by atoms with Gasteiger partial charge in [0.25, 0.3) is 0 Å². The van der Waals surface area contributed by atoms with E-state index in [0.29, 0.717) is 22.3 Å². The van der Waals surface area contributed by atoms with Crippen molar-refractivity contribution in [2.24, 2.45) is 0 Å². The number of nitrogens with zero attached hydrogens (tertiary/aromatic N) is 4. The molecule has 2 heterocycles. The molecule has 0 atom stereocenters. The second kappa shape index (κ2) is 9.61. The zero-order valence-electron chi connectivity index (χ0n) is 18.0. The van der Waals surface area contributed by atoms with Crippen LogP contribution in [0.1, 0.15) is 11.1 Å². The van der Waals surface area contributed by atoms with Gasteiger partial charge in [-0.25, -0.2) is 0 Å². The summed E-state index contributed by atoms with van der Waals surface area (Å²) in [7, 11) is 3.22. The smallest absolute Gasteiger partial charge is 0.316 e. The van der Waals surface area contributed by atoms with Crippen LogP contribution in [0.25, 0.3) is 0 Å². The molecule has 0 aliphatic rings. The Labute approximate surface area is 189 Å². The quantitative estimate of drug-likeness (QED) is 0.405. The highest BCUT2D eigenvalue weighted by molar-refractivity contribution is 7.98. The van der Waals surface area contributed by atoms with Crippen molar-refractivity contribution in [3.05, 3.63) is 88.5 Å². The van der Waals surface area contributed by atoms with Crippen LogP contribution in [-0.4, -0.2) is 33.8 Å². The molecule has 0 saturated heterocycles. The second-order valence-corrected chi connectivity index (χ2v) is 7.92. The Morgan fingerprint density at radius 1 is 1.00 bits per heavy atom. The molecule has 0 bridgehead atoms. The summed E-state index contributed by atoms with van der Waals surface area (Å²) in [5, 5.41) is 12.1. The van der Waals surface area contributed by atoms with Crippen LogP contribution in [0.15, 0.2) is 76.9 Å². The van der Waals surface area contributed by atoms with E-state index in [4.69, 9.17) is 9.47 Å². The number of hydrogen-bond acceptors (Lipinski definition) is 7. The van der Waals surface area contributed by atoms with Gasteiger partial charge in [0.05, 0.1) is 19.9 Å². The molecule has 0 radical (unpaired) electrons. The van der Waals surface area contributed by atoms with Crippen molar-refractivity contribution in [1.29, 1.82) is 0 Å². The fraction of sp³-hybridized carbons (Fsp3) is 0.174. The van der Waals surface area contributed by atoms with Crippen molar-refractivity contribution in [1.82, 2.24) is 19.5 Å². The largest absolute Gasteiger partial charge is 0.497 e. The molecule has 0 unspecified atom stereocenters. The lowest BCUT2D eigenvalue weighted by Gasteiger charge is -2.15. The Morgan fingerprint density at radius 3 is 2.56 bits per heavy atom. The number of methoxy groups -OCH3 is 2. The van der Waals surface area contributed by atoms with E-state index in [1.54, 1.807) is 31.3 Å². The van der Waals surface area contributed by atoms with Gasteiger partial charge in [0.1, 0.15) is 11.5 Å². The van der Waals surface area contributed by atoms with E-state index in [2.05, 4.69) is 15.5 Å². The number of anilines is 2. The van der Waals surface area contributed by atoms with Gasteiger partial charge in [-0.3, -0.25) is 9.47 Å². The molecule has 4 aromatic rings. The third kappa shape index (κ3) is 4.62. The van der Waals surface area contributed by atoms with Crippen molar-refractivity contribution >= 4 is 23.3 Å². The lowest BCUT2D eigenvalue weighted by molar-refractivity contribution is 0.414. The lowest BCUT2D eigenvalue weighted by Crippen LogP contribution is -2.30. The third-order valence-corrected chi connectivity index (χ3v) is 5.73. The first-order valence-electron chi connectivity index (χ1n) is 9.90. The monoisotopic (exact) mass is 449 g/mol. The minimum atomic E-state index is -0.326. The first-order chi connectivity index (χ1) is 15.6. The van der Waals surface area contributed by atoms with Crippen LogP contribution < -0.4 is 20.3 Å². The zero-order valence-corrected chi connectivity index (χ0v) is 18.8. The van der Waals surface area contributed by atoms with Crippen molar-refractivity contribution in [3.8, 4) is 11.5 Å². The summed E-state index contributed by atoms with van der Waals surface area (Å²) >= 11 is 1.42. The molecule has 2 aromatic carbocycles. The van der Waals surface area contributed by atoms with Gasteiger partial charge in [-0.1, -0.05) is 30.0 Å². The van der Waals surface area contributed by atoms with Gasteiger partial charge in [0, 0.05) is 18.1 Å². The topological polar surface area (TPSA) is 83.2 Å². The standard InChI is InChI=1S/C23H23N5O3S/c1-16-9-10-20(31-3)19(13-16)24-21-22(29)28(27-11-4-5-12-27)23(26-25-21)32-15-17-7-6-8-18(14-17)30-2/h4-14H,15H2,1-3H3,(H,24,25). The number of benzene rings is 2. The number of aromatic nitrogens is 4. The van der Waals surface area contributed by atoms with Gasteiger partial charge in [0.15, 0.2) is 0 Å². The Morgan fingerprint density at radius 2 is 1.81 bits per heavy atom. The van der Waals surface area contributed by atoms with Gasteiger partial charge in [-0.05, 0) is 54.4 Å². The van der Waals surface area contributed by atoms with Crippen molar-refractivity contribution in [2.75, 3.05) is 19.5 Å². The molecule has 0 spiro atoms. The van der Waals surface area contributed by atoms with Crippen molar-refractivity contribution in [3.63, 3.8) is 0 Å². The molecule has 9 heteroatoms. The van der Waals surface area contributed by atoms with E-state index in [-0.39, 0.29) is 11.4 Å². The maximum absolute atomic E-state index is 13.4. The van der Waals surface area contributed by atoms with Gasteiger partial charge in [-0.2, -0.15) is 4.68 Å². The fourth-order valence-electron chi connectivity index (χ4n) is 3.15. The number of nitrogens with one attached hydrogen (secondary N) is 1. The Hall–Kier alpha value is -3.72. The zero-order chi connectivity index (χ0) is 22.5. The second-order valence-electron chi connectivity index (χ2n) is 6.98. The molecular weight excluding hydrogens is 426 g/mol. The normalized spacial score (nSPS) is 10.7. The molecule has 164 valence electrons. The molecule has 0 saturated carbocycles. The molecule has 2 aromatic heterocycles. The van der Waals surface area contributed by atoms with Gasteiger partial charge in [0.2, 0.25) is 11.0 Å². The average molecular weight is 450 g/mol. The minimum Gasteiger partial charge on any atom is -0.497 e. The number of thioether (sulfide) groups is 1. The van der Waals surface area contributed by atoms with E-state index in [1.807, 2.05) is 61.5 Å². The highest BCUT2D eigenvalue weighted by atomic mass is 32.2. The number of rotatable bonds is 8. The molecule has 8 nitrogen and oxygen atoms in total. The number of ether oxygens (including phenoxy) is 2. The van der Waals surface area contributed by atoms with E-state index >= 15 is 0 Å². The predicted molar refractivity (Wildman–Crippen MR) is 125 cm³/mol. The van der Waals surface area contributed by atoms with Gasteiger partial charge in [-0.15, -0.1) is 10.2 Å². The summed E-state index contributed by atoms with van der Waals surface area (Å²) in [6.45, 7) is 1.97. The molecule has 0 amide bonds. The Bertz CT molecular complexity index is 1270. The summed E-state index contributed by atoms with van der Waals surface area (Å²) in [5.74, 6) is 2.10. The fourth-order valence-corrected chi connectivity index (χ4v) is 4.03. The first-order valence-corrected chi connectivity index (χ1v) is 10.9. The summed E-state index contributed by atoms with van der Waals surface area (Å²) in [6.07, 6.45) is 3.57. The highest BCUT2D eigenvalue weighted by Gasteiger charge is 2.16. The predicted octanol–water partition coefficient (Wildman–Crippen LogP) is 4.11. The lowest BCUT2D eigenvalue weighted by atomic mass is 10.2. The van der Waals surface area contributed by atoms with Crippen LogP contribution in [0.3, 0.4) is 0 Å². The number of aryl methyl sites for hydroxylation is 1. The molecule has 4 rings (SSSR count). The van der Waals surface area contributed by atoms with Crippen LogP contribution in [0.5, 0.6) is 11.5 Å². The van der Waals surface area contributed by atoms with E-state index in [0.717, 1.165) is 16.9 Å². The molecule has 0 aliphatic heterocycles. The maximum atomic E-state index is 13.4. The van der Waals surface area contributed by atoms with Crippen LogP contribution >= 0.6 is 11.8 Å². The van der Waals surface area contributed by atoms with E-state index < -0.39 is 0 Å². The molecule has 0 aliphatic carbocycles. The SMILES string of the molecule is COc1cccc(CSc2nnc(Nc3cc(C)ccc3OC)c(=O)n2-n2cccc2)c1. The van der Waals surface area contributed by atoms with E-state index in [1.165, 1.54) is 16.4 Å².